The first-order valence-corrected chi connectivity index (χ1v) is 2.97. The molecule has 1 heterocycles. The van der Waals surface area contributed by atoms with Gasteiger partial charge in [0.15, 0.2) is 0 Å². The van der Waals surface area contributed by atoms with Crippen molar-refractivity contribution in [2.75, 3.05) is 0 Å². The van der Waals surface area contributed by atoms with Crippen molar-refractivity contribution in [3.63, 3.8) is 0 Å². The molecule has 2 nitrogen and oxygen atoms in total. The molecule has 0 aliphatic carbocycles. The summed E-state index contributed by atoms with van der Waals surface area (Å²) in [6.07, 6.45) is 3.18. The highest BCUT2D eigenvalue weighted by Crippen LogP contribution is 1.91. The Morgan fingerprint density at radius 1 is 1.70 bits per heavy atom. The molecule has 0 aliphatic heterocycles. The lowest BCUT2D eigenvalue weighted by Gasteiger charge is -2.00. The monoisotopic (exact) mass is 130 g/mol. The van der Waals surface area contributed by atoms with Crippen molar-refractivity contribution in [3.05, 3.63) is 24.0 Å². The average molecular weight is 130 g/mol. The van der Waals surface area contributed by atoms with Gasteiger partial charge in [-0.25, -0.2) is 0 Å². The summed E-state index contributed by atoms with van der Waals surface area (Å²) in [6, 6.07) is 1.73. The molecule has 1 rings (SSSR count). The first kappa shape index (κ1) is 7.00. The van der Waals surface area contributed by atoms with Gasteiger partial charge in [0.05, 0.1) is 0 Å². The van der Waals surface area contributed by atoms with Crippen molar-refractivity contribution < 1.29 is 0 Å². The number of hydrogen-bond donors (Lipinski definition) is 1. The summed E-state index contributed by atoms with van der Waals surface area (Å²) in [5.41, 5.74) is 1.80. The van der Waals surface area contributed by atoms with E-state index in [1.165, 1.54) is 0 Å². The van der Waals surface area contributed by atoms with Gasteiger partial charge in [-0.15, -0.1) is 0 Å². The molecule has 0 bridgehead atoms. The van der Waals surface area contributed by atoms with Gasteiger partial charge in [-0.05, 0) is 18.6 Å². The van der Waals surface area contributed by atoms with Gasteiger partial charge in [-0.1, -0.05) is 5.46 Å². The lowest BCUT2D eigenvalue weighted by atomic mass is 9.91. The van der Waals surface area contributed by atoms with Crippen molar-refractivity contribution >= 4 is 19.0 Å². The summed E-state index contributed by atoms with van der Waals surface area (Å²) >= 11 is 0. The first-order valence-electron chi connectivity index (χ1n) is 2.97. The minimum atomic E-state index is 0.472. The van der Waals surface area contributed by atoms with Gasteiger partial charge in [0.25, 0.3) is 0 Å². The molecule has 0 amide bonds. The van der Waals surface area contributed by atoms with Gasteiger partial charge in [-0.2, -0.15) is 0 Å². The molecule has 0 saturated heterocycles. The van der Waals surface area contributed by atoms with Crippen LogP contribution in [0.5, 0.6) is 0 Å². The van der Waals surface area contributed by atoms with Crippen LogP contribution in [0.3, 0.4) is 0 Å². The number of aromatic nitrogens is 1. The molecule has 0 fully saturated rings. The molecule has 0 aromatic carbocycles. The molecule has 1 N–H and O–H groups in total. The van der Waals surface area contributed by atoms with E-state index in [4.69, 9.17) is 13.3 Å². The molecule has 3 heteroatoms. The lowest BCUT2D eigenvalue weighted by molar-refractivity contribution is 1.33. The summed E-state index contributed by atoms with van der Waals surface area (Å²) in [7, 11) is 5.52. The van der Waals surface area contributed by atoms with Gasteiger partial charge in [0, 0.05) is 18.1 Å². The second-order valence-corrected chi connectivity index (χ2v) is 2.09. The zero-order valence-corrected chi connectivity index (χ0v) is 5.76. The molecule has 10 heavy (non-hydrogen) atoms. The van der Waals surface area contributed by atoms with Crippen LogP contribution in [0.2, 0.25) is 0 Å². The summed E-state index contributed by atoms with van der Waals surface area (Å²) in [5, 5.41) is 7.27. The number of pyridine rings is 1. The predicted molar refractivity (Wildman–Crippen MR) is 42.1 cm³/mol. The number of rotatable bonds is 1. The van der Waals surface area contributed by atoms with Crippen LogP contribution in [-0.2, 0) is 0 Å². The van der Waals surface area contributed by atoms with E-state index in [1.807, 2.05) is 0 Å². The molecule has 0 atom stereocenters. The maximum absolute atomic E-state index is 7.27. The van der Waals surface area contributed by atoms with Crippen LogP contribution in [-0.4, -0.2) is 18.5 Å². The van der Waals surface area contributed by atoms with Gasteiger partial charge in [0.1, 0.15) is 7.85 Å². The average Bonchev–Trinajstić information content (AvgIpc) is 1.88. The minimum Gasteiger partial charge on any atom is -0.305 e. The van der Waals surface area contributed by atoms with Crippen LogP contribution in [0.15, 0.2) is 18.5 Å². The maximum atomic E-state index is 7.27. The Kier molecular flexibility index (Phi) is 1.85. The van der Waals surface area contributed by atoms with Crippen LogP contribution in [0, 0.1) is 5.41 Å². The summed E-state index contributed by atoms with van der Waals surface area (Å²) in [6.45, 7) is 1.70. The molecule has 1 aromatic heterocycles. The Balaban J connectivity index is 3.15. The maximum Gasteiger partial charge on any atom is 0.116 e. The third-order valence-electron chi connectivity index (χ3n) is 1.26. The Labute approximate surface area is 61.2 Å². The molecule has 0 unspecified atom stereocenters. The largest absolute Gasteiger partial charge is 0.305 e. The quantitative estimate of drug-likeness (QED) is 0.429. The van der Waals surface area contributed by atoms with E-state index < -0.39 is 0 Å². The molecular formula is C7H7BN2. The third-order valence-corrected chi connectivity index (χ3v) is 1.26. The zero-order valence-electron chi connectivity index (χ0n) is 5.76. The Morgan fingerprint density at radius 3 is 2.80 bits per heavy atom. The van der Waals surface area contributed by atoms with Crippen molar-refractivity contribution in [2.24, 2.45) is 0 Å². The first-order chi connectivity index (χ1) is 4.72. The van der Waals surface area contributed by atoms with Crippen LogP contribution in [0.25, 0.3) is 0 Å². The molecule has 2 radical (unpaired) electrons. The smallest absolute Gasteiger partial charge is 0.116 e. The zero-order chi connectivity index (χ0) is 7.56. The van der Waals surface area contributed by atoms with Crippen molar-refractivity contribution in [1.82, 2.24) is 4.98 Å². The molecule has 0 saturated carbocycles. The van der Waals surface area contributed by atoms with E-state index in [2.05, 4.69) is 4.98 Å². The topological polar surface area (TPSA) is 36.7 Å². The van der Waals surface area contributed by atoms with Crippen molar-refractivity contribution in [2.45, 2.75) is 6.92 Å². The second-order valence-electron chi connectivity index (χ2n) is 2.09. The van der Waals surface area contributed by atoms with E-state index in [0.29, 0.717) is 11.2 Å². The van der Waals surface area contributed by atoms with Gasteiger partial charge in [0.2, 0.25) is 0 Å². The van der Waals surface area contributed by atoms with E-state index in [-0.39, 0.29) is 0 Å². The summed E-state index contributed by atoms with van der Waals surface area (Å²) < 4.78 is 0. The number of hydrogen-bond acceptors (Lipinski definition) is 2. The Morgan fingerprint density at radius 2 is 2.40 bits per heavy atom. The van der Waals surface area contributed by atoms with E-state index in [0.717, 1.165) is 5.56 Å². The fourth-order valence-corrected chi connectivity index (χ4v) is 0.748. The van der Waals surface area contributed by atoms with Crippen molar-refractivity contribution in [3.8, 4) is 0 Å². The van der Waals surface area contributed by atoms with Crippen molar-refractivity contribution in [1.29, 1.82) is 5.41 Å². The Hall–Kier alpha value is -1.12. The van der Waals surface area contributed by atoms with E-state index in [9.17, 15) is 0 Å². The standard InChI is InChI=1S/C7H7BN2/c1-5(9)6-2-3-10-4-7(6)8/h2-4,9H,1H3. The van der Waals surface area contributed by atoms with Crippen LogP contribution >= 0.6 is 0 Å². The SMILES string of the molecule is [B]c1cnccc1C(C)=N. The molecule has 0 aliphatic rings. The summed E-state index contributed by atoms with van der Waals surface area (Å²) in [4.78, 5) is 3.81. The summed E-state index contributed by atoms with van der Waals surface area (Å²) in [5.74, 6) is 0. The van der Waals surface area contributed by atoms with Gasteiger partial charge < -0.3 is 5.41 Å². The van der Waals surface area contributed by atoms with E-state index in [1.54, 1.807) is 25.4 Å². The van der Waals surface area contributed by atoms with Crippen LogP contribution < -0.4 is 5.46 Å². The molecule has 48 valence electrons. The van der Waals surface area contributed by atoms with Gasteiger partial charge >= 0.3 is 0 Å². The molecule has 1 aromatic rings. The van der Waals surface area contributed by atoms with Gasteiger partial charge in [-0.3, -0.25) is 4.98 Å². The predicted octanol–water partition coefficient (Wildman–Crippen LogP) is 0.263. The Bertz CT molecular complexity index is 258. The highest BCUT2D eigenvalue weighted by atomic mass is 14.6. The number of nitrogens with one attached hydrogen (secondary N) is 1. The highest BCUT2D eigenvalue weighted by Gasteiger charge is 1.96. The van der Waals surface area contributed by atoms with E-state index >= 15 is 0 Å². The third kappa shape index (κ3) is 1.24. The fourth-order valence-electron chi connectivity index (χ4n) is 0.748. The fraction of sp³-hybridized carbons (Fsp3) is 0.143. The minimum absolute atomic E-state index is 0.472. The normalized spacial score (nSPS) is 9.30. The van der Waals surface area contributed by atoms with Crippen LogP contribution in [0.4, 0.5) is 0 Å². The highest BCUT2D eigenvalue weighted by molar-refractivity contribution is 6.36. The number of nitrogens with zero attached hydrogens (tertiary/aromatic N) is 1. The van der Waals surface area contributed by atoms with Crippen LogP contribution in [0.1, 0.15) is 12.5 Å². The lowest BCUT2D eigenvalue weighted by Crippen LogP contribution is -2.13. The molecule has 0 spiro atoms. The molecular weight excluding hydrogens is 123 g/mol. The second kappa shape index (κ2) is 2.65.